The number of carbonyl (C=O) groups excluding carboxylic acids is 1. The minimum atomic E-state index is -0.157. The Morgan fingerprint density at radius 3 is 2.33 bits per heavy atom. The lowest BCUT2D eigenvalue weighted by Gasteiger charge is -2.11. The first-order valence-corrected chi connectivity index (χ1v) is 8.68. The van der Waals surface area contributed by atoms with E-state index >= 15 is 0 Å². The van der Waals surface area contributed by atoms with Gasteiger partial charge < -0.3 is 11.1 Å². The molecule has 0 saturated carbocycles. The summed E-state index contributed by atoms with van der Waals surface area (Å²) in [4.78, 5) is 15.5. The largest absolute Gasteiger partial charge is 0.383 e. The standard InChI is InChI=1S/C20H14Cl2N4O/c1-11(27)25-14-5-2-12(3-6-14)15-9-19(26-20(24)16(15)10-23)13-4-7-17(21)18(22)8-13/h2-9H,1H3,(H2,24,26)(H,25,27). The maximum atomic E-state index is 11.2. The molecule has 0 aliphatic heterocycles. The number of benzene rings is 2. The molecule has 0 spiro atoms. The predicted octanol–water partition coefficient (Wildman–Crippen LogP) is 5.13. The zero-order valence-electron chi connectivity index (χ0n) is 14.3. The number of anilines is 2. The van der Waals surface area contributed by atoms with Crippen molar-refractivity contribution in [1.29, 1.82) is 5.26 Å². The van der Waals surface area contributed by atoms with Crippen LogP contribution in [0.1, 0.15) is 12.5 Å². The minimum absolute atomic E-state index is 0.127. The van der Waals surface area contributed by atoms with Gasteiger partial charge in [-0.3, -0.25) is 4.79 Å². The zero-order chi connectivity index (χ0) is 19.6. The lowest BCUT2D eigenvalue weighted by atomic mass is 9.98. The highest BCUT2D eigenvalue weighted by atomic mass is 35.5. The molecule has 3 N–H and O–H groups in total. The average molecular weight is 397 g/mol. The Hall–Kier alpha value is -3.07. The lowest BCUT2D eigenvalue weighted by Crippen LogP contribution is -2.05. The number of pyridine rings is 1. The number of nitriles is 1. The summed E-state index contributed by atoms with van der Waals surface area (Å²) >= 11 is 12.1. The summed E-state index contributed by atoms with van der Waals surface area (Å²) in [6, 6.07) is 16.2. The van der Waals surface area contributed by atoms with E-state index in [9.17, 15) is 10.1 Å². The van der Waals surface area contributed by atoms with Crippen LogP contribution >= 0.6 is 23.2 Å². The molecule has 0 unspecified atom stereocenters. The number of nitrogens with one attached hydrogen (secondary N) is 1. The number of hydrogen-bond donors (Lipinski definition) is 2. The van der Waals surface area contributed by atoms with Crippen molar-refractivity contribution in [2.45, 2.75) is 6.92 Å². The monoisotopic (exact) mass is 396 g/mol. The first-order valence-electron chi connectivity index (χ1n) is 7.93. The highest BCUT2D eigenvalue weighted by molar-refractivity contribution is 6.42. The van der Waals surface area contributed by atoms with Crippen LogP contribution in [-0.2, 0) is 4.79 Å². The van der Waals surface area contributed by atoms with Gasteiger partial charge in [-0.15, -0.1) is 0 Å². The Balaban J connectivity index is 2.11. The fourth-order valence-corrected chi connectivity index (χ4v) is 2.95. The summed E-state index contributed by atoms with van der Waals surface area (Å²) in [5.74, 6) is -0.0301. The maximum absolute atomic E-state index is 11.2. The topological polar surface area (TPSA) is 91.8 Å². The summed E-state index contributed by atoms with van der Waals surface area (Å²) in [7, 11) is 0. The predicted molar refractivity (Wildman–Crippen MR) is 109 cm³/mol. The SMILES string of the molecule is CC(=O)Nc1ccc(-c2cc(-c3ccc(Cl)c(Cl)c3)nc(N)c2C#N)cc1. The molecule has 1 aromatic heterocycles. The molecule has 1 amide bonds. The number of nitrogens with two attached hydrogens (primary N) is 1. The van der Waals surface area contributed by atoms with Gasteiger partial charge in [0.1, 0.15) is 17.5 Å². The molecule has 0 bridgehead atoms. The zero-order valence-corrected chi connectivity index (χ0v) is 15.8. The number of hydrogen-bond acceptors (Lipinski definition) is 4. The van der Waals surface area contributed by atoms with Gasteiger partial charge in [-0.1, -0.05) is 41.4 Å². The van der Waals surface area contributed by atoms with E-state index in [2.05, 4.69) is 16.4 Å². The van der Waals surface area contributed by atoms with Crippen molar-refractivity contribution < 1.29 is 4.79 Å². The smallest absolute Gasteiger partial charge is 0.221 e. The molecular formula is C20H14Cl2N4O. The normalized spacial score (nSPS) is 10.3. The summed E-state index contributed by atoms with van der Waals surface area (Å²) in [5, 5.41) is 13.1. The van der Waals surface area contributed by atoms with E-state index in [4.69, 9.17) is 28.9 Å². The van der Waals surface area contributed by atoms with Crippen LogP contribution in [0.5, 0.6) is 0 Å². The number of rotatable bonds is 3. The number of amides is 1. The maximum Gasteiger partial charge on any atom is 0.221 e. The fourth-order valence-electron chi connectivity index (χ4n) is 2.65. The Bertz CT molecular complexity index is 1070. The van der Waals surface area contributed by atoms with Crippen molar-refractivity contribution in [2.24, 2.45) is 0 Å². The van der Waals surface area contributed by atoms with Crippen molar-refractivity contribution in [3.63, 3.8) is 0 Å². The molecule has 5 nitrogen and oxygen atoms in total. The fraction of sp³-hybridized carbons (Fsp3) is 0.0500. The van der Waals surface area contributed by atoms with E-state index in [1.54, 1.807) is 48.5 Å². The van der Waals surface area contributed by atoms with Crippen LogP contribution in [0.4, 0.5) is 11.5 Å². The first-order chi connectivity index (χ1) is 12.9. The van der Waals surface area contributed by atoms with E-state index < -0.39 is 0 Å². The third-order valence-electron chi connectivity index (χ3n) is 3.89. The van der Waals surface area contributed by atoms with Crippen LogP contribution in [0.15, 0.2) is 48.5 Å². The second kappa shape index (κ2) is 7.67. The van der Waals surface area contributed by atoms with E-state index in [0.717, 1.165) is 11.1 Å². The summed E-state index contributed by atoms with van der Waals surface area (Å²) in [5.41, 5.74) is 9.69. The van der Waals surface area contributed by atoms with Gasteiger partial charge >= 0.3 is 0 Å². The molecule has 27 heavy (non-hydrogen) atoms. The molecule has 0 aliphatic rings. The van der Waals surface area contributed by atoms with E-state index in [-0.39, 0.29) is 17.3 Å². The molecule has 0 atom stereocenters. The van der Waals surface area contributed by atoms with E-state index in [0.29, 0.717) is 27.0 Å². The van der Waals surface area contributed by atoms with Crippen LogP contribution in [0.3, 0.4) is 0 Å². The first kappa shape index (κ1) is 18.7. The Morgan fingerprint density at radius 2 is 1.74 bits per heavy atom. The molecule has 0 radical (unpaired) electrons. The highest BCUT2D eigenvalue weighted by Gasteiger charge is 2.14. The van der Waals surface area contributed by atoms with Crippen LogP contribution in [0.2, 0.25) is 10.0 Å². The molecule has 1 heterocycles. The van der Waals surface area contributed by atoms with Gasteiger partial charge in [0.05, 0.1) is 15.7 Å². The molecule has 0 aliphatic carbocycles. The molecule has 134 valence electrons. The molecule has 3 rings (SSSR count). The second-order valence-corrected chi connectivity index (χ2v) is 6.63. The molecular weight excluding hydrogens is 383 g/mol. The van der Waals surface area contributed by atoms with E-state index in [1.807, 2.05) is 0 Å². The van der Waals surface area contributed by atoms with Gasteiger partial charge in [0.2, 0.25) is 5.91 Å². The Labute approximate surface area is 166 Å². The quantitative estimate of drug-likeness (QED) is 0.641. The van der Waals surface area contributed by atoms with Crippen molar-refractivity contribution >= 4 is 40.6 Å². The number of halogens is 2. The van der Waals surface area contributed by atoms with Gasteiger partial charge in [0.25, 0.3) is 0 Å². The number of nitrogen functional groups attached to an aromatic ring is 1. The van der Waals surface area contributed by atoms with Gasteiger partial charge in [0, 0.05) is 23.7 Å². The molecule has 2 aromatic carbocycles. The van der Waals surface area contributed by atoms with Gasteiger partial charge in [-0.25, -0.2) is 4.98 Å². The summed E-state index contributed by atoms with van der Waals surface area (Å²) < 4.78 is 0. The highest BCUT2D eigenvalue weighted by Crippen LogP contribution is 2.33. The summed E-state index contributed by atoms with van der Waals surface area (Å²) in [6.45, 7) is 1.44. The number of carbonyl (C=O) groups is 1. The summed E-state index contributed by atoms with van der Waals surface area (Å²) in [6.07, 6.45) is 0. The van der Waals surface area contributed by atoms with Crippen molar-refractivity contribution in [3.8, 4) is 28.5 Å². The molecule has 3 aromatic rings. The third kappa shape index (κ3) is 4.03. The lowest BCUT2D eigenvalue weighted by molar-refractivity contribution is -0.114. The van der Waals surface area contributed by atoms with Crippen LogP contribution in [-0.4, -0.2) is 10.9 Å². The van der Waals surface area contributed by atoms with Gasteiger partial charge in [-0.05, 0) is 35.9 Å². The Kier molecular flexibility index (Phi) is 5.31. The number of nitrogens with zero attached hydrogens (tertiary/aromatic N) is 2. The number of aromatic nitrogens is 1. The second-order valence-electron chi connectivity index (χ2n) is 5.81. The molecule has 0 fully saturated rings. The Morgan fingerprint density at radius 1 is 1.07 bits per heavy atom. The van der Waals surface area contributed by atoms with Crippen molar-refractivity contribution in [1.82, 2.24) is 4.98 Å². The van der Waals surface area contributed by atoms with Crippen LogP contribution in [0.25, 0.3) is 22.4 Å². The van der Waals surface area contributed by atoms with Crippen LogP contribution < -0.4 is 11.1 Å². The van der Waals surface area contributed by atoms with Crippen molar-refractivity contribution in [2.75, 3.05) is 11.1 Å². The van der Waals surface area contributed by atoms with Crippen LogP contribution in [0, 0.1) is 11.3 Å². The average Bonchev–Trinajstić information content (AvgIpc) is 2.63. The van der Waals surface area contributed by atoms with Gasteiger partial charge in [0.15, 0.2) is 0 Å². The van der Waals surface area contributed by atoms with Crippen molar-refractivity contribution in [3.05, 3.63) is 64.1 Å². The molecule has 7 heteroatoms. The third-order valence-corrected chi connectivity index (χ3v) is 4.63. The van der Waals surface area contributed by atoms with Gasteiger partial charge in [-0.2, -0.15) is 5.26 Å². The minimum Gasteiger partial charge on any atom is -0.383 e. The molecule has 0 saturated heterocycles. The van der Waals surface area contributed by atoms with E-state index in [1.165, 1.54) is 6.92 Å².